The standard InChI is InChI=1S/C13H22N4O/c1-5-17(7-6-16(4)10-18)9-13-14-11(2)8-12(3)15-13/h8,10H,5-7,9H2,1-4H3. The Labute approximate surface area is 109 Å². The van der Waals surface area contributed by atoms with Gasteiger partial charge >= 0.3 is 0 Å². The Morgan fingerprint density at radius 1 is 1.22 bits per heavy atom. The zero-order valence-corrected chi connectivity index (χ0v) is 11.7. The minimum Gasteiger partial charge on any atom is -0.347 e. The Hall–Kier alpha value is -1.49. The van der Waals surface area contributed by atoms with E-state index in [2.05, 4.69) is 21.8 Å². The molecule has 1 aromatic heterocycles. The molecule has 1 aromatic rings. The van der Waals surface area contributed by atoms with E-state index in [9.17, 15) is 4.79 Å². The number of amides is 1. The summed E-state index contributed by atoms with van der Waals surface area (Å²) in [5.74, 6) is 0.850. The van der Waals surface area contributed by atoms with Gasteiger partial charge in [-0.05, 0) is 26.5 Å². The van der Waals surface area contributed by atoms with Gasteiger partial charge in [-0.25, -0.2) is 9.97 Å². The van der Waals surface area contributed by atoms with Crippen molar-refractivity contribution in [2.24, 2.45) is 0 Å². The molecule has 0 spiro atoms. The van der Waals surface area contributed by atoms with Gasteiger partial charge in [0.05, 0.1) is 6.54 Å². The lowest BCUT2D eigenvalue weighted by atomic mass is 10.3. The Balaban J connectivity index is 2.59. The second-order valence-corrected chi connectivity index (χ2v) is 4.52. The lowest BCUT2D eigenvalue weighted by Gasteiger charge is -2.21. The summed E-state index contributed by atoms with van der Waals surface area (Å²) >= 11 is 0. The molecule has 100 valence electrons. The molecule has 0 fully saturated rings. The topological polar surface area (TPSA) is 49.3 Å². The highest BCUT2D eigenvalue weighted by Crippen LogP contribution is 2.03. The first-order valence-electron chi connectivity index (χ1n) is 6.24. The van der Waals surface area contributed by atoms with E-state index in [1.54, 1.807) is 11.9 Å². The number of aryl methyl sites for hydroxylation is 2. The molecule has 5 nitrogen and oxygen atoms in total. The van der Waals surface area contributed by atoms with Crippen LogP contribution in [0.1, 0.15) is 24.1 Å². The summed E-state index contributed by atoms with van der Waals surface area (Å²) in [7, 11) is 1.79. The molecule has 0 aliphatic carbocycles. The minimum absolute atomic E-state index is 0.724. The van der Waals surface area contributed by atoms with Crippen molar-refractivity contribution in [3.05, 3.63) is 23.3 Å². The first-order valence-corrected chi connectivity index (χ1v) is 6.24. The number of nitrogens with zero attached hydrogens (tertiary/aromatic N) is 4. The second-order valence-electron chi connectivity index (χ2n) is 4.52. The molecule has 1 rings (SSSR count). The van der Waals surface area contributed by atoms with E-state index < -0.39 is 0 Å². The van der Waals surface area contributed by atoms with Crippen molar-refractivity contribution < 1.29 is 4.79 Å². The third-order valence-corrected chi connectivity index (χ3v) is 2.79. The predicted octanol–water partition coefficient (Wildman–Crippen LogP) is 1.00. The summed E-state index contributed by atoms with van der Waals surface area (Å²) in [4.78, 5) is 23.3. The van der Waals surface area contributed by atoms with Crippen LogP contribution in [0.15, 0.2) is 6.07 Å². The van der Waals surface area contributed by atoms with Gasteiger partial charge in [0.15, 0.2) is 0 Å². The van der Waals surface area contributed by atoms with Gasteiger partial charge in [0.2, 0.25) is 6.41 Å². The summed E-state index contributed by atoms with van der Waals surface area (Å²) in [6.45, 7) is 9.27. The Bertz CT molecular complexity index is 374. The number of carbonyl (C=O) groups excluding carboxylic acids is 1. The number of hydrogen-bond donors (Lipinski definition) is 0. The van der Waals surface area contributed by atoms with E-state index in [0.717, 1.165) is 49.8 Å². The highest BCUT2D eigenvalue weighted by Gasteiger charge is 2.07. The fourth-order valence-electron chi connectivity index (χ4n) is 1.77. The number of carbonyl (C=O) groups is 1. The second kappa shape index (κ2) is 7.06. The summed E-state index contributed by atoms with van der Waals surface area (Å²) < 4.78 is 0. The van der Waals surface area contributed by atoms with E-state index in [0.29, 0.717) is 0 Å². The number of hydrogen-bond acceptors (Lipinski definition) is 4. The molecule has 1 heterocycles. The van der Waals surface area contributed by atoms with Crippen LogP contribution >= 0.6 is 0 Å². The lowest BCUT2D eigenvalue weighted by molar-refractivity contribution is -0.117. The van der Waals surface area contributed by atoms with Crippen LogP contribution in [0.25, 0.3) is 0 Å². The first kappa shape index (κ1) is 14.6. The molecule has 0 bridgehead atoms. The SMILES string of the molecule is CCN(CCN(C)C=O)Cc1nc(C)cc(C)n1. The first-order chi connectivity index (χ1) is 8.55. The van der Waals surface area contributed by atoms with Crippen molar-refractivity contribution in [2.45, 2.75) is 27.3 Å². The number of aromatic nitrogens is 2. The monoisotopic (exact) mass is 250 g/mol. The van der Waals surface area contributed by atoms with Gasteiger partial charge in [-0.1, -0.05) is 6.92 Å². The molecule has 0 N–H and O–H groups in total. The van der Waals surface area contributed by atoms with E-state index in [-0.39, 0.29) is 0 Å². The molecule has 5 heteroatoms. The van der Waals surface area contributed by atoms with Crippen LogP contribution in [0.3, 0.4) is 0 Å². The van der Waals surface area contributed by atoms with Crippen LogP contribution in [-0.2, 0) is 11.3 Å². The Morgan fingerprint density at radius 2 is 1.83 bits per heavy atom. The van der Waals surface area contributed by atoms with Crippen LogP contribution in [0.5, 0.6) is 0 Å². The maximum atomic E-state index is 10.5. The fourth-order valence-corrected chi connectivity index (χ4v) is 1.77. The van der Waals surface area contributed by atoms with E-state index in [1.807, 2.05) is 19.9 Å². The molecule has 0 saturated heterocycles. The molecule has 0 aliphatic rings. The third kappa shape index (κ3) is 4.79. The van der Waals surface area contributed by atoms with E-state index in [4.69, 9.17) is 0 Å². The maximum absolute atomic E-state index is 10.5. The largest absolute Gasteiger partial charge is 0.347 e. The fraction of sp³-hybridized carbons (Fsp3) is 0.615. The third-order valence-electron chi connectivity index (χ3n) is 2.79. The number of likely N-dealkylation sites (N-methyl/N-ethyl adjacent to an activating group) is 2. The zero-order valence-electron chi connectivity index (χ0n) is 11.7. The lowest BCUT2D eigenvalue weighted by Crippen LogP contribution is -2.32. The molecule has 0 atom stereocenters. The van der Waals surface area contributed by atoms with Gasteiger partial charge in [0.25, 0.3) is 0 Å². The highest BCUT2D eigenvalue weighted by atomic mass is 16.1. The van der Waals surface area contributed by atoms with Crippen LogP contribution in [0.4, 0.5) is 0 Å². The summed E-state index contributed by atoms with van der Waals surface area (Å²) in [5, 5.41) is 0. The highest BCUT2D eigenvalue weighted by molar-refractivity contribution is 5.46. The van der Waals surface area contributed by atoms with Crippen molar-refractivity contribution in [3.8, 4) is 0 Å². The molecule has 0 saturated carbocycles. The summed E-state index contributed by atoms with van der Waals surface area (Å²) in [6.07, 6.45) is 0.848. The van der Waals surface area contributed by atoms with Crippen molar-refractivity contribution in [3.63, 3.8) is 0 Å². The maximum Gasteiger partial charge on any atom is 0.209 e. The van der Waals surface area contributed by atoms with Gasteiger partial charge in [0.1, 0.15) is 5.82 Å². The predicted molar refractivity (Wildman–Crippen MR) is 71.2 cm³/mol. The van der Waals surface area contributed by atoms with Gasteiger partial charge in [-0.2, -0.15) is 0 Å². The average Bonchev–Trinajstić information content (AvgIpc) is 2.32. The van der Waals surface area contributed by atoms with Crippen molar-refractivity contribution in [1.29, 1.82) is 0 Å². The van der Waals surface area contributed by atoms with Crippen molar-refractivity contribution in [2.75, 3.05) is 26.7 Å². The van der Waals surface area contributed by atoms with Crippen LogP contribution in [0.2, 0.25) is 0 Å². The minimum atomic E-state index is 0.724. The molecule has 1 amide bonds. The molecular formula is C13H22N4O. The molecular weight excluding hydrogens is 228 g/mol. The number of rotatable bonds is 7. The van der Waals surface area contributed by atoms with Gasteiger partial charge in [0, 0.05) is 31.5 Å². The smallest absolute Gasteiger partial charge is 0.209 e. The molecule has 0 radical (unpaired) electrons. The quantitative estimate of drug-likeness (QED) is 0.678. The summed E-state index contributed by atoms with van der Waals surface area (Å²) in [6, 6.07) is 1.97. The van der Waals surface area contributed by atoms with Crippen LogP contribution < -0.4 is 0 Å². The van der Waals surface area contributed by atoms with E-state index in [1.165, 1.54) is 0 Å². The van der Waals surface area contributed by atoms with Gasteiger partial charge in [-0.15, -0.1) is 0 Å². The molecule has 0 unspecified atom stereocenters. The van der Waals surface area contributed by atoms with Crippen molar-refractivity contribution >= 4 is 6.41 Å². The Kier molecular flexibility index (Phi) is 5.71. The van der Waals surface area contributed by atoms with Crippen molar-refractivity contribution in [1.82, 2.24) is 19.8 Å². The normalized spacial score (nSPS) is 10.7. The molecule has 0 aromatic carbocycles. The van der Waals surface area contributed by atoms with E-state index >= 15 is 0 Å². The Morgan fingerprint density at radius 3 is 2.33 bits per heavy atom. The molecule has 0 aliphatic heterocycles. The van der Waals surface area contributed by atoms with Gasteiger partial charge < -0.3 is 4.90 Å². The molecule has 18 heavy (non-hydrogen) atoms. The average molecular weight is 250 g/mol. The zero-order chi connectivity index (χ0) is 13.5. The van der Waals surface area contributed by atoms with Crippen LogP contribution in [0, 0.1) is 13.8 Å². The van der Waals surface area contributed by atoms with Gasteiger partial charge in [-0.3, -0.25) is 9.69 Å². The van der Waals surface area contributed by atoms with Crippen LogP contribution in [-0.4, -0.2) is 52.9 Å². The summed E-state index contributed by atoms with van der Waals surface area (Å²) in [5.41, 5.74) is 2.00.